The average molecular weight is 212 g/mol. The summed E-state index contributed by atoms with van der Waals surface area (Å²) >= 11 is 0. The molecule has 1 aromatic carbocycles. The molecule has 1 aliphatic rings. The van der Waals surface area contributed by atoms with E-state index in [-0.39, 0.29) is 0 Å². The lowest BCUT2D eigenvalue weighted by atomic mass is 9.93. The van der Waals surface area contributed by atoms with Crippen molar-refractivity contribution in [1.29, 1.82) is 0 Å². The third-order valence-electron chi connectivity index (χ3n) is 3.27. The van der Waals surface area contributed by atoms with Crippen LogP contribution in [0.2, 0.25) is 0 Å². The average Bonchev–Trinajstić information content (AvgIpc) is 3.05. The minimum absolute atomic E-state index is 0.909. The van der Waals surface area contributed by atoms with Crippen molar-refractivity contribution in [2.75, 3.05) is 0 Å². The molecule has 0 amide bonds. The van der Waals surface area contributed by atoms with Crippen LogP contribution in [0.15, 0.2) is 30.9 Å². The molecule has 0 spiro atoms. The Bertz CT molecular complexity index is 420. The first kappa shape index (κ1) is 11.2. The molecule has 0 heteroatoms. The highest BCUT2D eigenvalue weighted by molar-refractivity contribution is 5.74. The van der Waals surface area contributed by atoms with Gasteiger partial charge in [-0.2, -0.15) is 0 Å². The molecule has 0 nitrogen and oxygen atoms in total. The fourth-order valence-corrected chi connectivity index (χ4v) is 2.16. The fraction of sp³-hybridized carbons (Fsp3) is 0.375. The molecule has 0 unspecified atom stereocenters. The maximum absolute atomic E-state index is 4.26. The SMILES string of the molecule is C=C(CC1CC1)c1cccc(C)c1/C=C\C. The standard InChI is InChI=1S/C16H20/c1-4-6-15-12(2)7-5-8-16(15)13(3)11-14-9-10-14/h4-8,14H,3,9-11H2,1-2H3/b6-4-. The van der Waals surface area contributed by atoms with Crippen LogP contribution in [0.1, 0.15) is 42.9 Å². The van der Waals surface area contributed by atoms with Crippen LogP contribution >= 0.6 is 0 Å². The van der Waals surface area contributed by atoms with Crippen LogP contribution in [0.5, 0.6) is 0 Å². The highest BCUT2D eigenvalue weighted by Gasteiger charge is 2.22. The van der Waals surface area contributed by atoms with E-state index in [9.17, 15) is 0 Å². The highest BCUT2D eigenvalue weighted by Crippen LogP contribution is 2.38. The lowest BCUT2D eigenvalue weighted by molar-refractivity contribution is 0.878. The summed E-state index contributed by atoms with van der Waals surface area (Å²) in [5, 5.41) is 0. The van der Waals surface area contributed by atoms with E-state index < -0.39 is 0 Å². The zero-order chi connectivity index (χ0) is 11.5. The fourth-order valence-electron chi connectivity index (χ4n) is 2.16. The normalized spacial score (nSPS) is 15.6. The molecular weight excluding hydrogens is 192 g/mol. The van der Waals surface area contributed by atoms with Gasteiger partial charge in [-0.25, -0.2) is 0 Å². The summed E-state index contributed by atoms with van der Waals surface area (Å²) in [6, 6.07) is 6.51. The lowest BCUT2D eigenvalue weighted by Crippen LogP contribution is -1.92. The molecule has 0 saturated heterocycles. The van der Waals surface area contributed by atoms with E-state index in [2.05, 4.69) is 50.8 Å². The molecule has 0 heterocycles. The Balaban J connectivity index is 2.30. The molecule has 0 bridgehead atoms. The summed E-state index contributed by atoms with van der Waals surface area (Å²) in [5.41, 5.74) is 5.33. The van der Waals surface area contributed by atoms with Gasteiger partial charge in [-0.1, -0.05) is 36.9 Å². The zero-order valence-electron chi connectivity index (χ0n) is 10.3. The Morgan fingerprint density at radius 1 is 1.44 bits per heavy atom. The van der Waals surface area contributed by atoms with E-state index in [0.717, 1.165) is 5.92 Å². The number of hydrogen-bond donors (Lipinski definition) is 0. The third-order valence-corrected chi connectivity index (χ3v) is 3.27. The quantitative estimate of drug-likeness (QED) is 0.670. The first-order valence-corrected chi connectivity index (χ1v) is 6.13. The molecule has 1 fully saturated rings. The summed E-state index contributed by atoms with van der Waals surface area (Å²) in [6.07, 6.45) is 8.26. The molecule has 1 saturated carbocycles. The second-order valence-corrected chi connectivity index (χ2v) is 4.79. The van der Waals surface area contributed by atoms with Crippen molar-refractivity contribution >= 4 is 11.6 Å². The number of hydrogen-bond acceptors (Lipinski definition) is 0. The molecule has 0 atom stereocenters. The summed E-state index contributed by atoms with van der Waals surface area (Å²) in [6.45, 7) is 8.49. The highest BCUT2D eigenvalue weighted by atomic mass is 14.3. The number of aryl methyl sites for hydroxylation is 1. The van der Waals surface area contributed by atoms with Gasteiger partial charge in [0.2, 0.25) is 0 Å². The second-order valence-electron chi connectivity index (χ2n) is 4.79. The van der Waals surface area contributed by atoms with Crippen molar-refractivity contribution < 1.29 is 0 Å². The summed E-state index contributed by atoms with van der Waals surface area (Å²) in [5.74, 6) is 0.909. The molecule has 16 heavy (non-hydrogen) atoms. The Hall–Kier alpha value is -1.30. The van der Waals surface area contributed by atoms with Crippen molar-refractivity contribution in [2.24, 2.45) is 5.92 Å². The number of benzene rings is 1. The minimum Gasteiger partial charge on any atom is -0.0952 e. The van der Waals surface area contributed by atoms with Crippen LogP contribution in [0.25, 0.3) is 11.6 Å². The van der Waals surface area contributed by atoms with E-state index in [1.807, 2.05) is 0 Å². The number of allylic oxidation sites excluding steroid dienone is 2. The van der Waals surface area contributed by atoms with Crippen molar-refractivity contribution in [3.63, 3.8) is 0 Å². The van der Waals surface area contributed by atoms with E-state index >= 15 is 0 Å². The Morgan fingerprint density at radius 3 is 2.81 bits per heavy atom. The molecule has 0 aromatic heterocycles. The first-order chi connectivity index (χ1) is 7.72. The van der Waals surface area contributed by atoms with E-state index in [0.29, 0.717) is 0 Å². The van der Waals surface area contributed by atoms with Gasteiger partial charge in [0.15, 0.2) is 0 Å². The molecule has 2 rings (SSSR count). The first-order valence-electron chi connectivity index (χ1n) is 6.13. The van der Waals surface area contributed by atoms with Crippen molar-refractivity contribution in [1.82, 2.24) is 0 Å². The predicted molar refractivity (Wildman–Crippen MR) is 72.3 cm³/mol. The topological polar surface area (TPSA) is 0 Å². The van der Waals surface area contributed by atoms with Crippen LogP contribution < -0.4 is 0 Å². The van der Waals surface area contributed by atoms with Gasteiger partial charge in [0.25, 0.3) is 0 Å². The monoisotopic (exact) mass is 212 g/mol. The van der Waals surface area contributed by atoms with Gasteiger partial charge >= 0.3 is 0 Å². The van der Waals surface area contributed by atoms with Crippen LogP contribution in [-0.4, -0.2) is 0 Å². The van der Waals surface area contributed by atoms with Gasteiger partial charge in [-0.15, -0.1) is 0 Å². The largest absolute Gasteiger partial charge is 0.0952 e. The maximum Gasteiger partial charge on any atom is -0.0155 e. The molecule has 84 valence electrons. The Morgan fingerprint density at radius 2 is 2.19 bits per heavy atom. The molecule has 0 radical (unpaired) electrons. The summed E-state index contributed by atoms with van der Waals surface area (Å²) < 4.78 is 0. The van der Waals surface area contributed by atoms with Crippen molar-refractivity contribution in [3.8, 4) is 0 Å². The molecule has 1 aromatic rings. The summed E-state index contributed by atoms with van der Waals surface area (Å²) in [4.78, 5) is 0. The van der Waals surface area contributed by atoms with Gasteiger partial charge in [-0.3, -0.25) is 0 Å². The Kier molecular flexibility index (Phi) is 3.28. The van der Waals surface area contributed by atoms with Crippen LogP contribution in [0, 0.1) is 12.8 Å². The van der Waals surface area contributed by atoms with Gasteiger partial charge < -0.3 is 0 Å². The van der Waals surface area contributed by atoms with Crippen molar-refractivity contribution in [3.05, 3.63) is 47.5 Å². The van der Waals surface area contributed by atoms with Gasteiger partial charge in [0.1, 0.15) is 0 Å². The predicted octanol–water partition coefficient (Wildman–Crippen LogP) is 4.84. The van der Waals surface area contributed by atoms with Crippen LogP contribution in [-0.2, 0) is 0 Å². The van der Waals surface area contributed by atoms with E-state index in [4.69, 9.17) is 0 Å². The number of rotatable bonds is 4. The van der Waals surface area contributed by atoms with Gasteiger partial charge in [-0.05, 0) is 61.3 Å². The molecule has 1 aliphatic carbocycles. The lowest BCUT2D eigenvalue weighted by Gasteiger charge is -2.11. The minimum atomic E-state index is 0.909. The van der Waals surface area contributed by atoms with Gasteiger partial charge in [0.05, 0.1) is 0 Å². The van der Waals surface area contributed by atoms with Crippen molar-refractivity contribution in [2.45, 2.75) is 33.1 Å². The Labute approximate surface area is 98.7 Å². The molecule has 0 aliphatic heterocycles. The smallest absolute Gasteiger partial charge is 0.0155 e. The second kappa shape index (κ2) is 4.69. The maximum atomic E-state index is 4.26. The third kappa shape index (κ3) is 2.44. The van der Waals surface area contributed by atoms with E-state index in [1.165, 1.54) is 41.5 Å². The van der Waals surface area contributed by atoms with Crippen LogP contribution in [0.4, 0.5) is 0 Å². The summed E-state index contributed by atoms with van der Waals surface area (Å²) in [7, 11) is 0. The van der Waals surface area contributed by atoms with Gasteiger partial charge in [0, 0.05) is 0 Å². The zero-order valence-corrected chi connectivity index (χ0v) is 10.3. The molecular formula is C16H20. The van der Waals surface area contributed by atoms with E-state index in [1.54, 1.807) is 0 Å². The van der Waals surface area contributed by atoms with Crippen LogP contribution in [0.3, 0.4) is 0 Å². The molecule has 0 N–H and O–H groups in total.